The van der Waals surface area contributed by atoms with Crippen LogP contribution in [0.4, 0.5) is 0 Å². The number of benzene rings is 1. The molecule has 0 saturated heterocycles. The third kappa shape index (κ3) is 1.77. The largest absolute Gasteiger partial charge is 0.875 e. The molecule has 0 fully saturated rings. The fourth-order valence-electron chi connectivity index (χ4n) is 4.25. The van der Waals surface area contributed by atoms with Gasteiger partial charge in [-0.3, -0.25) is 0 Å². The summed E-state index contributed by atoms with van der Waals surface area (Å²) in [7, 11) is 1.71. The van der Waals surface area contributed by atoms with Gasteiger partial charge in [-0.1, -0.05) is 32.9 Å². The van der Waals surface area contributed by atoms with E-state index in [0.29, 0.717) is 17.6 Å². The van der Waals surface area contributed by atoms with Gasteiger partial charge in [-0.05, 0) is 59.3 Å². The number of allylic oxidation sites excluding steroid dienone is 2. The minimum absolute atomic E-state index is 0.0867. The Morgan fingerprint density at radius 2 is 2.05 bits per heavy atom. The van der Waals surface area contributed by atoms with Crippen LogP contribution in [0.1, 0.15) is 44.2 Å². The Balaban J connectivity index is 2.12. The lowest BCUT2D eigenvalue weighted by Crippen LogP contribution is -2.44. The Bertz CT molecular complexity index is 561. The molecule has 0 heterocycles. The average molecular weight is 271 g/mol. The van der Waals surface area contributed by atoms with E-state index in [9.17, 15) is 5.11 Å². The smallest absolute Gasteiger partial charge is 0.119 e. The molecule has 0 bridgehead atoms. The Morgan fingerprint density at radius 3 is 2.75 bits per heavy atom. The maximum absolute atomic E-state index is 12.3. The molecule has 108 valence electrons. The maximum atomic E-state index is 12.3. The molecule has 0 saturated carbocycles. The summed E-state index contributed by atoms with van der Waals surface area (Å²) in [5.74, 6) is 2.00. The Hall–Kier alpha value is -1.44. The molecule has 2 heteroatoms. The van der Waals surface area contributed by atoms with Gasteiger partial charge >= 0.3 is 0 Å². The Kier molecular flexibility index (Phi) is 3.07. The van der Waals surface area contributed by atoms with Gasteiger partial charge in [-0.15, -0.1) is 5.76 Å². The number of ether oxygens (including phenoxy) is 1. The summed E-state index contributed by atoms with van der Waals surface area (Å²) in [6.07, 6.45) is 4.18. The van der Waals surface area contributed by atoms with Gasteiger partial charge in [-0.25, -0.2) is 0 Å². The first-order valence-corrected chi connectivity index (χ1v) is 7.53. The molecule has 0 radical (unpaired) electrons. The van der Waals surface area contributed by atoms with Crippen LogP contribution in [0.15, 0.2) is 30.0 Å². The molecule has 20 heavy (non-hydrogen) atoms. The SMILES string of the molecule is COc1ccc2c(c1)CCC1(C)C(C)C=C([O-])C(C)C21. The zero-order chi connectivity index (χ0) is 14.5. The molecule has 1 aromatic carbocycles. The van der Waals surface area contributed by atoms with Crippen LogP contribution in [-0.2, 0) is 6.42 Å². The third-order valence-electron chi connectivity index (χ3n) is 5.73. The van der Waals surface area contributed by atoms with Crippen molar-refractivity contribution in [1.82, 2.24) is 0 Å². The number of aryl methyl sites for hydroxylation is 1. The van der Waals surface area contributed by atoms with Gasteiger partial charge in [0.15, 0.2) is 0 Å². The van der Waals surface area contributed by atoms with Crippen LogP contribution in [-0.4, -0.2) is 7.11 Å². The van der Waals surface area contributed by atoms with Gasteiger partial charge in [0.2, 0.25) is 0 Å². The lowest BCUT2D eigenvalue weighted by molar-refractivity contribution is -0.320. The summed E-state index contributed by atoms with van der Waals surface area (Å²) in [5, 5.41) is 12.3. The average Bonchev–Trinajstić information content (AvgIpc) is 2.44. The highest BCUT2D eigenvalue weighted by Gasteiger charge is 2.46. The topological polar surface area (TPSA) is 32.3 Å². The lowest BCUT2D eigenvalue weighted by Gasteiger charge is -2.53. The van der Waals surface area contributed by atoms with Crippen LogP contribution < -0.4 is 9.84 Å². The number of rotatable bonds is 1. The summed E-state index contributed by atoms with van der Waals surface area (Å²) in [4.78, 5) is 0. The molecule has 0 aliphatic heterocycles. The van der Waals surface area contributed by atoms with E-state index in [-0.39, 0.29) is 11.3 Å². The summed E-state index contributed by atoms with van der Waals surface area (Å²) in [6.45, 7) is 6.65. The number of hydrogen-bond donors (Lipinski definition) is 0. The summed E-state index contributed by atoms with van der Waals surface area (Å²) >= 11 is 0. The van der Waals surface area contributed by atoms with E-state index in [1.54, 1.807) is 7.11 Å². The van der Waals surface area contributed by atoms with Gasteiger partial charge in [0, 0.05) is 0 Å². The molecular formula is C18H23O2-. The second-order valence-electron chi connectivity index (χ2n) is 6.69. The van der Waals surface area contributed by atoms with Crippen molar-refractivity contribution in [3.63, 3.8) is 0 Å². The summed E-state index contributed by atoms with van der Waals surface area (Å²) in [6, 6.07) is 6.36. The van der Waals surface area contributed by atoms with E-state index in [0.717, 1.165) is 18.6 Å². The van der Waals surface area contributed by atoms with Crippen LogP contribution in [0, 0.1) is 17.3 Å². The van der Waals surface area contributed by atoms with Crippen molar-refractivity contribution in [3.05, 3.63) is 41.2 Å². The molecule has 0 spiro atoms. The van der Waals surface area contributed by atoms with E-state index in [4.69, 9.17) is 4.74 Å². The minimum Gasteiger partial charge on any atom is -0.875 e. The Labute approximate surface area is 121 Å². The first kappa shape index (κ1) is 13.5. The van der Waals surface area contributed by atoms with Gasteiger partial charge in [0.25, 0.3) is 0 Å². The third-order valence-corrected chi connectivity index (χ3v) is 5.73. The fraction of sp³-hybridized carbons (Fsp3) is 0.556. The maximum Gasteiger partial charge on any atom is 0.119 e. The predicted molar refractivity (Wildman–Crippen MR) is 78.6 cm³/mol. The fourth-order valence-corrected chi connectivity index (χ4v) is 4.25. The summed E-state index contributed by atoms with van der Waals surface area (Å²) in [5.41, 5.74) is 2.93. The van der Waals surface area contributed by atoms with Crippen LogP contribution in [0.2, 0.25) is 0 Å². The number of fused-ring (bicyclic) bond motifs is 3. The highest BCUT2D eigenvalue weighted by molar-refractivity contribution is 5.43. The van der Waals surface area contributed by atoms with Crippen molar-refractivity contribution in [3.8, 4) is 5.75 Å². The molecule has 4 atom stereocenters. The predicted octanol–water partition coefficient (Wildman–Crippen LogP) is 3.26. The highest BCUT2D eigenvalue weighted by atomic mass is 16.5. The molecule has 1 aromatic rings. The first-order chi connectivity index (χ1) is 9.47. The zero-order valence-corrected chi connectivity index (χ0v) is 12.8. The highest BCUT2D eigenvalue weighted by Crippen LogP contribution is 2.57. The second-order valence-corrected chi connectivity index (χ2v) is 6.69. The Morgan fingerprint density at radius 1 is 1.30 bits per heavy atom. The number of methoxy groups -OCH3 is 1. The van der Waals surface area contributed by atoms with Crippen LogP contribution in [0.5, 0.6) is 5.75 Å². The van der Waals surface area contributed by atoms with Crippen molar-refractivity contribution in [2.45, 2.75) is 39.5 Å². The minimum atomic E-state index is 0.0867. The molecule has 2 aliphatic rings. The van der Waals surface area contributed by atoms with E-state index in [2.05, 4.69) is 32.9 Å². The molecule has 2 aliphatic carbocycles. The normalized spacial score (nSPS) is 35.8. The van der Waals surface area contributed by atoms with Gasteiger partial charge in [0.1, 0.15) is 5.75 Å². The quantitative estimate of drug-likeness (QED) is 0.785. The summed E-state index contributed by atoms with van der Waals surface area (Å²) < 4.78 is 5.34. The molecule has 2 nitrogen and oxygen atoms in total. The molecular weight excluding hydrogens is 248 g/mol. The lowest BCUT2D eigenvalue weighted by atomic mass is 9.53. The van der Waals surface area contributed by atoms with E-state index in [1.165, 1.54) is 11.1 Å². The molecule has 0 N–H and O–H groups in total. The van der Waals surface area contributed by atoms with Crippen LogP contribution in [0.25, 0.3) is 0 Å². The van der Waals surface area contributed by atoms with E-state index < -0.39 is 0 Å². The molecule has 3 rings (SSSR count). The van der Waals surface area contributed by atoms with Crippen molar-refractivity contribution in [1.29, 1.82) is 0 Å². The monoisotopic (exact) mass is 271 g/mol. The molecule has 4 unspecified atom stereocenters. The van der Waals surface area contributed by atoms with E-state index >= 15 is 0 Å². The van der Waals surface area contributed by atoms with Crippen molar-refractivity contribution >= 4 is 0 Å². The van der Waals surface area contributed by atoms with E-state index in [1.807, 2.05) is 12.1 Å². The molecule has 0 amide bonds. The van der Waals surface area contributed by atoms with Gasteiger partial charge in [-0.2, -0.15) is 0 Å². The van der Waals surface area contributed by atoms with Crippen molar-refractivity contribution in [2.24, 2.45) is 17.3 Å². The number of hydrogen-bond acceptors (Lipinski definition) is 2. The molecule has 0 aromatic heterocycles. The first-order valence-electron chi connectivity index (χ1n) is 7.53. The van der Waals surface area contributed by atoms with Crippen LogP contribution in [0.3, 0.4) is 0 Å². The van der Waals surface area contributed by atoms with Crippen molar-refractivity contribution < 1.29 is 9.84 Å². The van der Waals surface area contributed by atoms with Crippen molar-refractivity contribution in [2.75, 3.05) is 7.11 Å². The standard InChI is InChI=1S/C18H24O2/c1-11-9-16(19)12(2)17-15-6-5-14(20-4)10-13(15)7-8-18(11,17)3/h5-6,9-12,17,19H,7-8H2,1-4H3/p-1. The van der Waals surface area contributed by atoms with Gasteiger partial charge < -0.3 is 9.84 Å². The van der Waals surface area contributed by atoms with Gasteiger partial charge in [0.05, 0.1) is 7.11 Å². The van der Waals surface area contributed by atoms with Crippen LogP contribution >= 0.6 is 0 Å². The zero-order valence-electron chi connectivity index (χ0n) is 12.8. The second kappa shape index (κ2) is 4.54.